The van der Waals surface area contributed by atoms with E-state index in [0.717, 1.165) is 37.2 Å². The summed E-state index contributed by atoms with van der Waals surface area (Å²) in [6, 6.07) is 7.73. The van der Waals surface area contributed by atoms with Crippen molar-refractivity contribution in [3.63, 3.8) is 0 Å². The lowest BCUT2D eigenvalue weighted by Gasteiger charge is -2.20. The van der Waals surface area contributed by atoms with Crippen LogP contribution >= 0.6 is 0 Å². The molecule has 0 aromatic heterocycles. The average molecular weight is 234 g/mol. The number of amides is 1. The third-order valence-corrected chi connectivity index (χ3v) is 2.89. The van der Waals surface area contributed by atoms with E-state index in [1.165, 1.54) is 0 Å². The van der Waals surface area contributed by atoms with Crippen LogP contribution in [0.15, 0.2) is 24.3 Å². The Hall–Kier alpha value is -1.51. The van der Waals surface area contributed by atoms with Crippen molar-refractivity contribution in [3.8, 4) is 0 Å². The Morgan fingerprint density at radius 3 is 2.59 bits per heavy atom. The standard InChI is InChI=1S/C14H22N2O/c1-3-11-16(4-2)14(17)10-9-12-7-5-6-8-13(12)15/h5-8H,3-4,9-11,15H2,1-2H3. The summed E-state index contributed by atoms with van der Waals surface area (Å²) >= 11 is 0. The van der Waals surface area contributed by atoms with Gasteiger partial charge in [-0.1, -0.05) is 25.1 Å². The number of hydrogen-bond donors (Lipinski definition) is 1. The topological polar surface area (TPSA) is 46.3 Å². The summed E-state index contributed by atoms with van der Waals surface area (Å²) in [5.74, 6) is 0.220. The van der Waals surface area contributed by atoms with Gasteiger partial charge in [0.15, 0.2) is 0 Å². The zero-order valence-electron chi connectivity index (χ0n) is 10.8. The highest BCUT2D eigenvalue weighted by atomic mass is 16.2. The first kappa shape index (κ1) is 13.6. The molecule has 0 fully saturated rings. The lowest BCUT2D eigenvalue weighted by molar-refractivity contribution is -0.131. The smallest absolute Gasteiger partial charge is 0.222 e. The maximum atomic E-state index is 11.9. The minimum absolute atomic E-state index is 0.220. The summed E-state index contributed by atoms with van der Waals surface area (Å²) < 4.78 is 0. The Kier molecular flexibility index (Phi) is 5.53. The van der Waals surface area contributed by atoms with Crippen LogP contribution in [-0.2, 0) is 11.2 Å². The summed E-state index contributed by atoms with van der Waals surface area (Å²) in [5, 5.41) is 0. The molecule has 0 bridgehead atoms. The second-order valence-electron chi connectivity index (χ2n) is 4.17. The molecule has 0 saturated heterocycles. The van der Waals surface area contributed by atoms with Crippen molar-refractivity contribution in [2.75, 3.05) is 18.8 Å². The van der Waals surface area contributed by atoms with Gasteiger partial charge in [-0.25, -0.2) is 0 Å². The van der Waals surface area contributed by atoms with Gasteiger partial charge in [0.2, 0.25) is 5.91 Å². The number of carbonyl (C=O) groups excluding carboxylic acids is 1. The predicted octanol–water partition coefficient (Wildman–Crippen LogP) is 2.46. The molecule has 2 N–H and O–H groups in total. The molecule has 0 spiro atoms. The van der Waals surface area contributed by atoms with Crippen LogP contribution < -0.4 is 5.73 Å². The van der Waals surface area contributed by atoms with Crippen molar-refractivity contribution in [1.82, 2.24) is 4.90 Å². The Balaban J connectivity index is 2.50. The zero-order valence-corrected chi connectivity index (χ0v) is 10.8. The van der Waals surface area contributed by atoms with E-state index in [1.54, 1.807) is 0 Å². The largest absolute Gasteiger partial charge is 0.399 e. The molecule has 3 heteroatoms. The third-order valence-electron chi connectivity index (χ3n) is 2.89. The number of benzene rings is 1. The van der Waals surface area contributed by atoms with Crippen molar-refractivity contribution in [2.24, 2.45) is 0 Å². The van der Waals surface area contributed by atoms with Gasteiger partial charge in [-0.15, -0.1) is 0 Å². The second-order valence-corrected chi connectivity index (χ2v) is 4.17. The molecule has 0 aliphatic rings. The maximum absolute atomic E-state index is 11.9. The fourth-order valence-electron chi connectivity index (χ4n) is 1.89. The molecular formula is C14H22N2O. The number of nitrogens with zero attached hydrogens (tertiary/aromatic N) is 1. The van der Waals surface area contributed by atoms with E-state index in [2.05, 4.69) is 6.92 Å². The minimum atomic E-state index is 0.220. The Labute approximate surface area is 104 Å². The molecular weight excluding hydrogens is 212 g/mol. The first-order chi connectivity index (χ1) is 8.19. The van der Waals surface area contributed by atoms with E-state index < -0.39 is 0 Å². The lowest BCUT2D eigenvalue weighted by Crippen LogP contribution is -2.31. The van der Waals surface area contributed by atoms with Gasteiger partial charge in [0, 0.05) is 25.2 Å². The summed E-state index contributed by atoms with van der Waals surface area (Å²) in [4.78, 5) is 13.8. The number of nitrogen functional groups attached to an aromatic ring is 1. The molecule has 0 aliphatic carbocycles. The van der Waals surface area contributed by atoms with Gasteiger partial charge in [-0.05, 0) is 31.4 Å². The normalized spacial score (nSPS) is 10.2. The molecule has 1 rings (SSSR count). The predicted molar refractivity (Wildman–Crippen MR) is 71.7 cm³/mol. The second kappa shape index (κ2) is 6.94. The molecule has 3 nitrogen and oxygen atoms in total. The van der Waals surface area contributed by atoms with E-state index in [-0.39, 0.29) is 5.91 Å². The van der Waals surface area contributed by atoms with Gasteiger partial charge < -0.3 is 10.6 Å². The van der Waals surface area contributed by atoms with Crippen LogP contribution in [0, 0.1) is 0 Å². The zero-order chi connectivity index (χ0) is 12.7. The summed E-state index contributed by atoms with van der Waals surface area (Å²) in [7, 11) is 0. The van der Waals surface area contributed by atoms with Crippen LogP contribution in [0.5, 0.6) is 0 Å². The van der Waals surface area contributed by atoms with Gasteiger partial charge in [-0.2, -0.15) is 0 Å². The van der Waals surface area contributed by atoms with Crippen molar-refractivity contribution in [3.05, 3.63) is 29.8 Å². The van der Waals surface area contributed by atoms with Crippen molar-refractivity contribution < 1.29 is 4.79 Å². The first-order valence-corrected chi connectivity index (χ1v) is 6.30. The summed E-state index contributed by atoms with van der Waals surface area (Å²) in [6.45, 7) is 5.74. The Morgan fingerprint density at radius 2 is 2.00 bits per heavy atom. The van der Waals surface area contributed by atoms with E-state index in [4.69, 9.17) is 5.73 Å². The van der Waals surface area contributed by atoms with Crippen LogP contribution in [0.3, 0.4) is 0 Å². The first-order valence-electron chi connectivity index (χ1n) is 6.30. The number of aryl methyl sites for hydroxylation is 1. The fraction of sp³-hybridized carbons (Fsp3) is 0.500. The minimum Gasteiger partial charge on any atom is -0.399 e. The molecule has 1 amide bonds. The van der Waals surface area contributed by atoms with E-state index in [0.29, 0.717) is 6.42 Å². The quantitative estimate of drug-likeness (QED) is 0.768. The average Bonchev–Trinajstić information content (AvgIpc) is 2.34. The lowest BCUT2D eigenvalue weighted by atomic mass is 10.1. The third kappa shape index (κ3) is 4.10. The monoisotopic (exact) mass is 234 g/mol. The molecule has 0 radical (unpaired) electrons. The highest BCUT2D eigenvalue weighted by Gasteiger charge is 2.10. The van der Waals surface area contributed by atoms with Crippen molar-refractivity contribution in [2.45, 2.75) is 33.1 Å². The van der Waals surface area contributed by atoms with Gasteiger partial charge in [0.1, 0.15) is 0 Å². The Bertz CT molecular complexity index is 363. The summed E-state index contributed by atoms with van der Waals surface area (Å²) in [6.07, 6.45) is 2.28. The molecule has 0 heterocycles. The number of nitrogens with two attached hydrogens (primary N) is 1. The van der Waals surface area contributed by atoms with Crippen LogP contribution in [0.25, 0.3) is 0 Å². The van der Waals surface area contributed by atoms with Gasteiger partial charge in [0.25, 0.3) is 0 Å². The number of para-hydroxylation sites is 1. The van der Waals surface area contributed by atoms with Gasteiger partial charge in [-0.3, -0.25) is 4.79 Å². The fourth-order valence-corrected chi connectivity index (χ4v) is 1.89. The van der Waals surface area contributed by atoms with Crippen LogP contribution in [-0.4, -0.2) is 23.9 Å². The molecule has 1 aromatic carbocycles. The maximum Gasteiger partial charge on any atom is 0.222 e. The molecule has 0 unspecified atom stereocenters. The highest BCUT2D eigenvalue weighted by Crippen LogP contribution is 2.13. The van der Waals surface area contributed by atoms with Crippen LogP contribution in [0.4, 0.5) is 5.69 Å². The van der Waals surface area contributed by atoms with E-state index in [1.807, 2.05) is 36.1 Å². The number of rotatable bonds is 6. The van der Waals surface area contributed by atoms with E-state index >= 15 is 0 Å². The SMILES string of the molecule is CCCN(CC)C(=O)CCc1ccccc1N. The number of carbonyl (C=O) groups is 1. The molecule has 17 heavy (non-hydrogen) atoms. The molecule has 0 aliphatic heterocycles. The molecule has 0 saturated carbocycles. The number of anilines is 1. The Morgan fingerprint density at radius 1 is 1.29 bits per heavy atom. The summed E-state index contributed by atoms with van der Waals surface area (Å²) in [5.41, 5.74) is 7.69. The van der Waals surface area contributed by atoms with Crippen LogP contribution in [0.2, 0.25) is 0 Å². The van der Waals surface area contributed by atoms with Crippen LogP contribution in [0.1, 0.15) is 32.3 Å². The van der Waals surface area contributed by atoms with Crippen molar-refractivity contribution >= 4 is 11.6 Å². The molecule has 0 atom stereocenters. The molecule has 94 valence electrons. The van der Waals surface area contributed by atoms with Gasteiger partial charge >= 0.3 is 0 Å². The van der Waals surface area contributed by atoms with Crippen molar-refractivity contribution in [1.29, 1.82) is 0 Å². The highest BCUT2D eigenvalue weighted by molar-refractivity contribution is 5.76. The molecule has 1 aromatic rings. The number of hydrogen-bond acceptors (Lipinski definition) is 2. The van der Waals surface area contributed by atoms with E-state index in [9.17, 15) is 4.79 Å². The van der Waals surface area contributed by atoms with Gasteiger partial charge in [0.05, 0.1) is 0 Å².